The Hall–Kier alpha value is -3.15. The first kappa shape index (κ1) is 25.9. The van der Waals surface area contributed by atoms with Gasteiger partial charge in [-0.2, -0.15) is 4.98 Å². The second kappa shape index (κ2) is 14.8. The van der Waals surface area contributed by atoms with Gasteiger partial charge >= 0.3 is 11.7 Å². The van der Waals surface area contributed by atoms with E-state index in [1.165, 1.54) is 4.57 Å². The van der Waals surface area contributed by atoms with Crippen LogP contribution in [0, 0.1) is 5.41 Å². The van der Waals surface area contributed by atoms with Gasteiger partial charge in [0.15, 0.2) is 5.96 Å². The van der Waals surface area contributed by atoms with E-state index in [0.29, 0.717) is 19.5 Å². The number of aromatic nitrogens is 2. The molecule has 0 saturated carbocycles. The number of carbonyl (C=O) groups is 1. The predicted octanol–water partition coefficient (Wildman–Crippen LogP) is 0.0223. The highest BCUT2D eigenvalue weighted by molar-refractivity contribution is 5.86. The quantitative estimate of drug-likeness (QED) is 0.107. The van der Waals surface area contributed by atoms with Crippen molar-refractivity contribution in [3.05, 3.63) is 22.7 Å². The summed E-state index contributed by atoms with van der Waals surface area (Å²) in [5, 5.41) is 13.1. The second-order valence-electron chi connectivity index (χ2n) is 7.36. The van der Waals surface area contributed by atoms with Gasteiger partial charge < -0.3 is 28.3 Å². The molecule has 1 rings (SSSR count). The Kier molecular flexibility index (Phi) is 12.3. The fourth-order valence-corrected chi connectivity index (χ4v) is 3.07. The number of nitrogens with two attached hydrogens (primary N) is 4. The molecular weight excluding hydrogens is 400 g/mol. The normalized spacial score (nSPS) is 11.6. The molecule has 2 amide bonds. The van der Waals surface area contributed by atoms with Crippen LogP contribution < -0.4 is 39.3 Å². The van der Waals surface area contributed by atoms with E-state index in [1.54, 1.807) is 12.3 Å². The molecule has 1 heterocycles. The van der Waals surface area contributed by atoms with Crippen LogP contribution in [0.5, 0.6) is 0 Å². The second-order valence-corrected chi connectivity index (χ2v) is 7.36. The molecule has 1 aromatic heterocycles. The molecule has 0 saturated heterocycles. The Morgan fingerprint density at radius 3 is 2.55 bits per heavy atom. The Bertz CT molecular complexity index is 773. The maximum Gasteiger partial charge on any atom is 0.349 e. The van der Waals surface area contributed by atoms with Gasteiger partial charge in [-0.3, -0.25) is 20.3 Å². The Labute approximate surface area is 182 Å². The predicted molar refractivity (Wildman–Crippen MR) is 123 cm³/mol. The van der Waals surface area contributed by atoms with E-state index in [2.05, 4.69) is 20.6 Å². The number of anilines is 1. The summed E-state index contributed by atoms with van der Waals surface area (Å²) in [6.45, 7) is 1.95. The number of carbonyl (C=O) groups excluding carboxylic acids is 1. The van der Waals surface area contributed by atoms with Crippen LogP contribution in [-0.2, 0) is 6.54 Å². The Morgan fingerprint density at radius 2 is 1.90 bits per heavy atom. The Balaban J connectivity index is 2.53. The fraction of sp³-hybridized carbons (Fsp3) is 0.632. The molecular formula is C19H36N10O2. The van der Waals surface area contributed by atoms with Gasteiger partial charge in [0.1, 0.15) is 5.82 Å². The summed E-state index contributed by atoms with van der Waals surface area (Å²) < 4.78 is 1.51. The summed E-state index contributed by atoms with van der Waals surface area (Å²) in [5.74, 6) is 0.456. The van der Waals surface area contributed by atoms with E-state index < -0.39 is 11.7 Å². The number of rotatable bonds is 16. The molecule has 12 heteroatoms. The van der Waals surface area contributed by atoms with Gasteiger partial charge in [-0.15, -0.1) is 0 Å². The van der Waals surface area contributed by atoms with Crippen LogP contribution in [0.2, 0.25) is 0 Å². The first-order valence-electron chi connectivity index (χ1n) is 10.5. The number of hydrogen-bond acceptors (Lipinski definition) is 6. The van der Waals surface area contributed by atoms with E-state index in [-0.39, 0.29) is 23.7 Å². The van der Waals surface area contributed by atoms with E-state index in [9.17, 15) is 9.59 Å². The number of aliphatic imine (C=N–C) groups is 1. The molecule has 0 fully saturated rings. The van der Waals surface area contributed by atoms with Gasteiger partial charge in [-0.05, 0) is 44.7 Å². The van der Waals surface area contributed by atoms with Crippen molar-refractivity contribution >= 4 is 23.6 Å². The number of aryl methyl sites for hydroxylation is 1. The van der Waals surface area contributed by atoms with Crippen molar-refractivity contribution in [3.8, 4) is 0 Å². The number of nitrogens with zero attached hydrogens (tertiary/aromatic N) is 3. The molecule has 0 aliphatic heterocycles. The number of primary amides is 1. The van der Waals surface area contributed by atoms with E-state index in [1.807, 2.05) is 0 Å². The molecule has 174 valence electrons. The number of guanidine groups is 1. The number of nitrogens with one attached hydrogen (secondary N) is 3. The number of amidine groups is 1. The van der Waals surface area contributed by atoms with Gasteiger partial charge in [0.25, 0.3) is 0 Å². The van der Waals surface area contributed by atoms with E-state index in [0.717, 1.165) is 51.5 Å². The van der Waals surface area contributed by atoms with Gasteiger partial charge in [0, 0.05) is 31.7 Å². The third-order valence-corrected chi connectivity index (χ3v) is 4.65. The van der Waals surface area contributed by atoms with Gasteiger partial charge in [-0.1, -0.05) is 12.8 Å². The van der Waals surface area contributed by atoms with Crippen LogP contribution in [0.3, 0.4) is 0 Å². The van der Waals surface area contributed by atoms with Gasteiger partial charge in [0.05, 0.1) is 5.84 Å². The van der Waals surface area contributed by atoms with Crippen molar-refractivity contribution in [2.24, 2.45) is 27.9 Å². The lowest BCUT2D eigenvalue weighted by Crippen LogP contribution is -2.33. The number of amides is 2. The molecule has 0 spiro atoms. The van der Waals surface area contributed by atoms with Crippen LogP contribution in [0.4, 0.5) is 10.6 Å². The number of hydrogen-bond donors (Lipinski definition) is 7. The number of urea groups is 1. The third kappa shape index (κ3) is 12.9. The molecule has 11 N–H and O–H groups in total. The zero-order chi connectivity index (χ0) is 23.1. The first-order chi connectivity index (χ1) is 14.8. The summed E-state index contributed by atoms with van der Waals surface area (Å²) >= 11 is 0. The lowest BCUT2D eigenvalue weighted by molar-refractivity contribution is 0.259. The minimum Gasteiger partial charge on any atom is -0.388 e. The lowest BCUT2D eigenvalue weighted by atomic mass is 10.1. The van der Waals surface area contributed by atoms with Gasteiger partial charge in [0.2, 0.25) is 0 Å². The summed E-state index contributed by atoms with van der Waals surface area (Å²) in [4.78, 5) is 30.8. The van der Waals surface area contributed by atoms with Crippen molar-refractivity contribution < 1.29 is 4.79 Å². The van der Waals surface area contributed by atoms with Crippen molar-refractivity contribution in [3.63, 3.8) is 0 Å². The van der Waals surface area contributed by atoms with Crippen LogP contribution >= 0.6 is 0 Å². The minimum absolute atomic E-state index is 0.0985. The molecule has 0 unspecified atom stereocenters. The SMILES string of the molecule is N=C(N)CCCCCN[C@H](CCCCN=C(N)N)CCn1ccc(NC(N)=O)nc1=O. The highest BCUT2D eigenvalue weighted by atomic mass is 16.2. The van der Waals surface area contributed by atoms with E-state index in [4.69, 9.17) is 28.3 Å². The molecule has 0 bridgehead atoms. The summed E-state index contributed by atoms with van der Waals surface area (Å²) in [7, 11) is 0. The maximum absolute atomic E-state index is 12.2. The van der Waals surface area contributed by atoms with Crippen LogP contribution in [0.1, 0.15) is 51.4 Å². The van der Waals surface area contributed by atoms with Crippen molar-refractivity contribution in [1.29, 1.82) is 5.41 Å². The standard InChI is InChI=1S/C19H36N10O2/c20-15(21)7-2-1-4-10-25-14(6-3-5-11-26-17(22)23)8-12-29-13-9-16(27-18(24)30)28-19(29)31/h9,13-14,25H,1-8,10-12H2,(H3,20,21)(H4,22,23,26)(H3,24,27,28,30,31)/t14-/m1/s1. The summed E-state index contributed by atoms with van der Waals surface area (Å²) in [6.07, 6.45) is 8.64. The average molecular weight is 437 g/mol. The fourth-order valence-electron chi connectivity index (χ4n) is 3.07. The minimum atomic E-state index is -0.766. The monoisotopic (exact) mass is 436 g/mol. The van der Waals surface area contributed by atoms with Crippen molar-refractivity contribution in [2.75, 3.05) is 18.4 Å². The van der Waals surface area contributed by atoms with Crippen LogP contribution in [0.25, 0.3) is 0 Å². The molecule has 12 nitrogen and oxygen atoms in total. The van der Waals surface area contributed by atoms with Crippen LogP contribution in [0.15, 0.2) is 22.1 Å². The molecule has 0 aliphatic rings. The largest absolute Gasteiger partial charge is 0.388 e. The molecule has 31 heavy (non-hydrogen) atoms. The highest BCUT2D eigenvalue weighted by Gasteiger charge is 2.10. The van der Waals surface area contributed by atoms with Gasteiger partial charge in [-0.25, -0.2) is 9.59 Å². The van der Waals surface area contributed by atoms with Crippen LogP contribution in [-0.4, -0.2) is 46.5 Å². The van der Waals surface area contributed by atoms with Crippen molar-refractivity contribution in [1.82, 2.24) is 14.9 Å². The van der Waals surface area contributed by atoms with Crippen molar-refractivity contribution in [2.45, 2.75) is 64.0 Å². The van der Waals surface area contributed by atoms with E-state index >= 15 is 0 Å². The zero-order valence-corrected chi connectivity index (χ0v) is 18.0. The maximum atomic E-state index is 12.2. The zero-order valence-electron chi connectivity index (χ0n) is 18.0. The number of unbranched alkanes of at least 4 members (excludes halogenated alkanes) is 3. The topological polar surface area (TPSA) is 216 Å². The Morgan fingerprint density at radius 1 is 1.13 bits per heavy atom. The smallest absolute Gasteiger partial charge is 0.349 e. The molecule has 1 atom stereocenters. The third-order valence-electron chi connectivity index (χ3n) is 4.65. The molecule has 1 aromatic rings. The molecule has 0 aromatic carbocycles. The molecule has 0 aliphatic carbocycles. The summed E-state index contributed by atoms with van der Waals surface area (Å²) in [5.41, 5.74) is 20.7. The average Bonchev–Trinajstić information content (AvgIpc) is 2.67. The molecule has 0 radical (unpaired) electrons. The first-order valence-corrected chi connectivity index (χ1v) is 10.5. The summed E-state index contributed by atoms with van der Waals surface area (Å²) in [6, 6.07) is 0.999. The highest BCUT2D eigenvalue weighted by Crippen LogP contribution is 2.08. The lowest BCUT2D eigenvalue weighted by Gasteiger charge is -2.19.